The molecule has 2 aromatic rings. The van der Waals surface area contributed by atoms with Gasteiger partial charge in [-0.3, -0.25) is 0 Å². The monoisotopic (exact) mass is 244 g/mol. The van der Waals surface area contributed by atoms with Crippen LogP contribution in [0.5, 0.6) is 0 Å². The Morgan fingerprint density at radius 1 is 1.17 bits per heavy atom. The first-order chi connectivity index (χ1) is 8.50. The molecular weight excluding hydrogens is 224 g/mol. The van der Waals surface area contributed by atoms with Crippen molar-refractivity contribution in [2.45, 2.75) is 32.6 Å². The molecule has 0 bridgehead atoms. The van der Waals surface area contributed by atoms with Crippen molar-refractivity contribution in [2.75, 3.05) is 6.54 Å². The topological polar surface area (TPSA) is 52.0 Å². The first kappa shape index (κ1) is 12.8. The van der Waals surface area contributed by atoms with Crippen LogP contribution in [0.1, 0.15) is 32.1 Å². The van der Waals surface area contributed by atoms with E-state index in [1.54, 1.807) is 0 Å². The van der Waals surface area contributed by atoms with E-state index in [9.17, 15) is 0 Å². The highest BCUT2D eigenvalue weighted by molar-refractivity contribution is 5.59. The number of aromatic nitrogens is 1. The number of benzene rings is 1. The minimum Gasteiger partial charge on any atom is -0.361 e. The molecule has 0 atom stereocenters. The molecule has 0 aliphatic heterocycles. The summed E-state index contributed by atoms with van der Waals surface area (Å²) in [7, 11) is 0. The maximum absolute atomic E-state index is 5.49. The molecule has 3 nitrogen and oxygen atoms in total. The quantitative estimate of drug-likeness (QED) is 0.902. The van der Waals surface area contributed by atoms with Crippen molar-refractivity contribution in [1.82, 2.24) is 5.16 Å². The molecule has 0 amide bonds. The largest absolute Gasteiger partial charge is 0.361 e. The maximum Gasteiger partial charge on any atom is 0.138 e. The standard InChI is InChI=1S/C15H20N2O/c1-15(2,3)12-6-4-11(5-7-12)14-10-13(8-9-16)18-17-14/h4-7,10H,8-9,16H2,1-3H3. The summed E-state index contributed by atoms with van der Waals surface area (Å²) in [5, 5.41) is 4.07. The molecule has 0 saturated heterocycles. The van der Waals surface area contributed by atoms with Crippen molar-refractivity contribution in [3.63, 3.8) is 0 Å². The second-order valence-corrected chi connectivity index (χ2v) is 5.54. The molecule has 1 aromatic carbocycles. The van der Waals surface area contributed by atoms with Gasteiger partial charge in [-0.2, -0.15) is 0 Å². The molecule has 2 N–H and O–H groups in total. The van der Waals surface area contributed by atoms with Crippen molar-refractivity contribution in [3.8, 4) is 11.3 Å². The van der Waals surface area contributed by atoms with Gasteiger partial charge in [0.1, 0.15) is 11.5 Å². The molecule has 18 heavy (non-hydrogen) atoms. The molecule has 0 aliphatic rings. The lowest BCUT2D eigenvalue weighted by molar-refractivity contribution is 0.386. The normalized spacial score (nSPS) is 11.8. The van der Waals surface area contributed by atoms with Crippen LogP contribution in [0.4, 0.5) is 0 Å². The molecule has 0 spiro atoms. The van der Waals surface area contributed by atoms with Gasteiger partial charge in [-0.25, -0.2) is 0 Å². The van der Waals surface area contributed by atoms with Crippen LogP contribution in [0.3, 0.4) is 0 Å². The first-order valence-corrected chi connectivity index (χ1v) is 6.27. The fraction of sp³-hybridized carbons (Fsp3) is 0.400. The molecule has 0 saturated carbocycles. The average Bonchev–Trinajstić information content (AvgIpc) is 2.77. The third-order valence-corrected chi connectivity index (χ3v) is 3.00. The molecular formula is C15H20N2O. The molecule has 1 aromatic heterocycles. The minimum atomic E-state index is 0.174. The Morgan fingerprint density at radius 3 is 2.39 bits per heavy atom. The van der Waals surface area contributed by atoms with Crippen molar-refractivity contribution < 1.29 is 4.52 Å². The number of rotatable bonds is 3. The Hall–Kier alpha value is -1.61. The summed E-state index contributed by atoms with van der Waals surface area (Å²) in [6, 6.07) is 10.4. The summed E-state index contributed by atoms with van der Waals surface area (Å²) in [6.07, 6.45) is 0.729. The number of hydrogen-bond acceptors (Lipinski definition) is 3. The van der Waals surface area contributed by atoms with Gasteiger partial charge in [0.25, 0.3) is 0 Å². The molecule has 1 heterocycles. The Balaban J connectivity index is 2.23. The van der Waals surface area contributed by atoms with Crippen molar-refractivity contribution >= 4 is 0 Å². The van der Waals surface area contributed by atoms with E-state index in [-0.39, 0.29) is 5.41 Å². The summed E-state index contributed by atoms with van der Waals surface area (Å²) in [5.74, 6) is 0.840. The van der Waals surface area contributed by atoms with E-state index in [0.717, 1.165) is 23.4 Å². The van der Waals surface area contributed by atoms with E-state index in [2.05, 4.69) is 50.2 Å². The van der Waals surface area contributed by atoms with Crippen molar-refractivity contribution in [3.05, 3.63) is 41.7 Å². The van der Waals surface area contributed by atoms with Gasteiger partial charge in [0.15, 0.2) is 0 Å². The highest BCUT2D eigenvalue weighted by Gasteiger charge is 2.13. The van der Waals surface area contributed by atoms with Crippen LogP contribution in [-0.4, -0.2) is 11.7 Å². The SMILES string of the molecule is CC(C)(C)c1ccc(-c2cc(CCN)on2)cc1. The number of hydrogen-bond donors (Lipinski definition) is 1. The highest BCUT2D eigenvalue weighted by Crippen LogP contribution is 2.25. The predicted octanol–water partition coefficient (Wildman–Crippen LogP) is 3.14. The molecule has 96 valence electrons. The van der Waals surface area contributed by atoms with Crippen molar-refractivity contribution in [2.24, 2.45) is 5.73 Å². The summed E-state index contributed by atoms with van der Waals surface area (Å²) in [4.78, 5) is 0. The smallest absolute Gasteiger partial charge is 0.138 e. The number of nitrogens with two attached hydrogens (primary N) is 1. The van der Waals surface area contributed by atoms with Crippen LogP contribution >= 0.6 is 0 Å². The fourth-order valence-electron chi connectivity index (χ4n) is 1.85. The molecule has 0 radical (unpaired) electrons. The predicted molar refractivity (Wildman–Crippen MR) is 73.4 cm³/mol. The zero-order valence-corrected chi connectivity index (χ0v) is 11.2. The van der Waals surface area contributed by atoms with Gasteiger partial charge in [-0.1, -0.05) is 50.2 Å². The lowest BCUT2D eigenvalue weighted by atomic mass is 9.86. The third kappa shape index (κ3) is 2.79. The van der Waals surface area contributed by atoms with E-state index in [0.29, 0.717) is 6.54 Å². The molecule has 0 unspecified atom stereocenters. The van der Waals surface area contributed by atoms with E-state index >= 15 is 0 Å². The van der Waals surface area contributed by atoms with Crippen LogP contribution in [0.15, 0.2) is 34.9 Å². The second-order valence-electron chi connectivity index (χ2n) is 5.54. The van der Waals surface area contributed by atoms with Gasteiger partial charge in [0.05, 0.1) is 0 Å². The van der Waals surface area contributed by atoms with Gasteiger partial charge in [0, 0.05) is 18.1 Å². The Bertz CT molecular complexity index is 506. The van der Waals surface area contributed by atoms with E-state index in [4.69, 9.17) is 10.3 Å². The summed E-state index contributed by atoms with van der Waals surface area (Å²) >= 11 is 0. The van der Waals surface area contributed by atoms with E-state index in [1.165, 1.54) is 5.56 Å². The minimum absolute atomic E-state index is 0.174. The zero-order chi connectivity index (χ0) is 13.2. The second kappa shape index (κ2) is 4.94. The summed E-state index contributed by atoms with van der Waals surface area (Å²) in [6.45, 7) is 7.20. The fourth-order valence-corrected chi connectivity index (χ4v) is 1.85. The highest BCUT2D eigenvalue weighted by atomic mass is 16.5. The summed E-state index contributed by atoms with van der Waals surface area (Å²) < 4.78 is 5.23. The third-order valence-electron chi connectivity index (χ3n) is 3.00. The Kier molecular flexibility index (Phi) is 3.53. The molecule has 2 rings (SSSR count). The van der Waals surface area contributed by atoms with Gasteiger partial charge in [0.2, 0.25) is 0 Å². The number of nitrogens with zero attached hydrogens (tertiary/aromatic N) is 1. The van der Waals surface area contributed by atoms with Crippen LogP contribution in [-0.2, 0) is 11.8 Å². The van der Waals surface area contributed by atoms with Gasteiger partial charge >= 0.3 is 0 Å². The Morgan fingerprint density at radius 2 is 1.83 bits per heavy atom. The van der Waals surface area contributed by atoms with E-state index in [1.807, 2.05) is 6.07 Å². The van der Waals surface area contributed by atoms with Gasteiger partial charge < -0.3 is 10.3 Å². The molecule has 3 heteroatoms. The average molecular weight is 244 g/mol. The van der Waals surface area contributed by atoms with E-state index < -0.39 is 0 Å². The maximum atomic E-state index is 5.49. The summed E-state index contributed by atoms with van der Waals surface area (Å²) in [5.41, 5.74) is 8.93. The van der Waals surface area contributed by atoms with Crippen molar-refractivity contribution in [1.29, 1.82) is 0 Å². The Labute approximate surface area is 108 Å². The molecule has 0 fully saturated rings. The first-order valence-electron chi connectivity index (χ1n) is 6.27. The van der Waals surface area contributed by atoms with Crippen LogP contribution < -0.4 is 5.73 Å². The van der Waals surface area contributed by atoms with Crippen LogP contribution in [0, 0.1) is 0 Å². The lowest BCUT2D eigenvalue weighted by Gasteiger charge is -2.18. The zero-order valence-electron chi connectivity index (χ0n) is 11.2. The molecule has 0 aliphatic carbocycles. The van der Waals surface area contributed by atoms with Crippen LogP contribution in [0.2, 0.25) is 0 Å². The van der Waals surface area contributed by atoms with Crippen LogP contribution in [0.25, 0.3) is 11.3 Å². The lowest BCUT2D eigenvalue weighted by Crippen LogP contribution is -2.10. The van der Waals surface area contributed by atoms with Gasteiger partial charge in [-0.05, 0) is 17.5 Å². The van der Waals surface area contributed by atoms with Gasteiger partial charge in [-0.15, -0.1) is 0 Å².